The van der Waals surface area contributed by atoms with E-state index in [2.05, 4.69) is 0 Å². The van der Waals surface area contributed by atoms with Crippen LogP contribution in [0, 0.1) is 0 Å². The normalized spacial score (nSPS) is 15.4. The van der Waals surface area contributed by atoms with Gasteiger partial charge in [0.15, 0.2) is 11.8 Å². The molecule has 3 nitrogen and oxygen atoms in total. The summed E-state index contributed by atoms with van der Waals surface area (Å²) in [5, 5.41) is 19.9. The summed E-state index contributed by atoms with van der Waals surface area (Å²) in [4.78, 5) is 0. The summed E-state index contributed by atoms with van der Waals surface area (Å²) in [7, 11) is 1.62. The van der Waals surface area contributed by atoms with Crippen LogP contribution in [0.2, 0.25) is 0 Å². The van der Waals surface area contributed by atoms with Gasteiger partial charge in [0.1, 0.15) is 0 Å². The Morgan fingerprint density at radius 3 is 2.62 bits per heavy atom. The highest BCUT2D eigenvalue weighted by atomic mass is 35.5. The van der Waals surface area contributed by atoms with Crippen molar-refractivity contribution in [3.63, 3.8) is 0 Å². The van der Waals surface area contributed by atoms with Crippen molar-refractivity contribution in [2.45, 2.75) is 12.8 Å². The molecule has 2 rings (SSSR count). The first kappa shape index (κ1) is 8.51. The first-order valence-corrected chi connectivity index (χ1v) is 4.42. The molecule has 70 valence electrons. The summed E-state index contributed by atoms with van der Waals surface area (Å²) in [6, 6.07) is 0. The van der Waals surface area contributed by atoms with Gasteiger partial charge in [0, 0.05) is 29.6 Å². The van der Waals surface area contributed by atoms with E-state index in [0.717, 1.165) is 11.1 Å². The predicted octanol–water partition coefficient (Wildman–Crippen LogP) is 1.66. The van der Waals surface area contributed by atoms with Crippen LogP contribution in [0.3, 0.4) is 0 Å². The second kappa shape index (κ2) is 2.70. The summed E-state index contributed by atoms with van der Waals surface area (Å²) < 4.78 is 1.37. The van der Waals surface area contributed by atoms with Gasteiger partial charge >= 0.3 is 0 Å². The van der Waals surface area contributed by atoms with E-state index >= 15 is 0 Å². The average Bonchev–Trinajstić information content (AvgIpc) is 2.32. The SMILES string of the molecule is Cn1c(O)c2c(c1O)CC(Cl)=CC2. The molecule has 0 saturated carbocycles. The van der Waals surface area contributed by atoms with Crippen LogP contribution >= 0.6 is 11.6 Å². The van der Waals surface area contributed by atoms with Crippen LogP contribution in [0.5, 0.6) is 11.8 Å². The van der Waals surface area contributed by atoms with Gasteiger partial charge in [-0.05, 0) is 6.42 Å². The van der Waals surface area contributed by atoms with E-state index in [-0.39, 0.29) is 11.8 Å². The molecular formula is C9H10ClNO2. The van der Waals surface area contributed by atoms with Crippen molar-refractivity contribution in [1.29, 1.82) is 0 Å². The Hall–Kier alpha value is -1.09. The Morgan fingerprint density at radius 1 is 1.31 bits per heavy atom. The molecular weight excluding hydrogens is 190 g/mol. The number of fused-ring (bicyclic) bond motifs is 1. The third-order valence-electron chi connectivity index (χ3n) is 2.41. The molecule has 0 spiro atoms. The molecule has 0 aliphatic heterocycles. The molecule has 0 atom stereocenters. The maximum Gasteiger partial charge on any atom is 0.197 e. The number of hydrogen-bond acceptors (Lipinski definition) is 2. The van der Waals surface area contributed by atoms with Crippen LogP contribution in [0.4, 0.5) is 0 Å². The van der Waals surface area contributed by atoms with Gasteiger partial charge in [0.25, 0.3) is 0 Å². The Labute approximate surface area is 80.9 Å². The minimum Gasteiger partial charge on any atom is -0.494 e. The van der Waals surface area contributed by atoms with Gasteiger partial charge in [-0.2, -0.15) is 0 Å². The molecule has 1 aliphatic rings. The molecule has 0 fully saturated rings. The molecule has 0 saturated heterocycles. The van der Waals surface area contributed by atoms with E-state index in [1.807, 2.05) is 6.08 Å². The molecule has 0 aromatic carbocycles. The fourth-order valence-corrected chi connectivity index (χ4v) is 1.84. The zero-order valence-corrected chi connectivity index (χ0v) is 7.97. The Morgan fingerprint density at radius 2 is 1.92 bits per heavy atom. The van der Waals surface area contributed by atoms with E-state index in [4.69, 9.17) is 11.6 Å². The molecule has 0 radical (unpaired) electrons. The minimum absolute atomic E-state index is 0.110. The van der Waals surface area contributed by atoms with Crippen LogP contribution in [-0.2, 0) is 19.9 Å². The second-order valence-electron chi connectivity index (χ2n) is 3.20. The van der Waals surface area contributed by atoms with Crippen molar-refractivity contribution in [1.82, 2.24) is 4.57 Å². The van der Waals surface area contributed by atoms with E-state index in [1.165, 1.54) is 4.57 Å². The highest BCUT2D eigenvalue weighted by Gasteiger charge is 2.22. The highest BCUT2D eigenvalue weighted by molar-refractivity contribution is 6.29. The van der Waals surface area contributed by atoms with Crippen molar-refractivity contribution in [3.8, 4) is 11.8 Å². The first-order chi connectivity index (χ1) is 6.11. The monoisotopic (exact) mass is 199 g/mol. The minimum atomic E-state index is 0.110. The summed E-state index contributed by atoms with van der Waals surface area (Å²) in [5.41, 5.74) is 1.52. The number of aromatic nitrogens is 1. The maximum absolute atomic E-state index is 9.60. The molecule has 0 amide bonds. The van der Waals surface area contributed by atoms with Crippen LogP contribution in [0.1, 0.15) is 11.1 Å². The van der Waals surface area contributed by atoms with E-state index in [0.29, 0.717) is 17.9 Å². The van der Waals surface area contributed by atoms with Crippen molar-refractivity contribution in [2.75, 3.05) is 0 Å². The maximum atomic E-state index is 9.60. The zero-order valence-electron chi connectivity index (χ0n) is 7.21. The number of allylic oxidation sites excluding steroid dienone is 2. The predicted molar refractivity (Wildman–Crippen MR) is 50.1 cm³/mol. The number of rotatable bonds is 0. The molecule has 13 heavy (non-hydrogen) atoms. The summed E-state index contributed by atoms with van der Waals surface area (Å²) in [5.74, 6) is 0.242. The quantitative estimate of drug-likeness (QED) is 0.668. The number of nitrogens with zero attached hydrogens (tertiary/aromatic N) is 1. The lowest BCUT2D eigenvalue weighted by atomic mass is 10.0. The van der Waals surface area contributed by atoms with Crippen LogP contribution in [0.15, 0.2) is 11.1 Å². The molecule has 0 bridgehead atoms. The van der Waals surface area contributed by atoms with Crippen LogP contribution < -0.4 is 0 Å². The number of aromatic hydroxyl groups is 2. The summed E-state index contributed by atoms with van der Waals surface area (Å²) >= 11 is 5.84. The number of hydrogen-bond donors (Lipinski definition) is 2. The van der Waals surface area contributed by atoms with E-state index < -0.39 is 0 Å². The molecule has 2 N–H and O–H groups in total. The molecule has 1 aromatic heterocycles. The van der Waals surface area contributed by atoms with Gasteiger partial charge in [0.2, 0.25) is 0 Å². The third-order valence-corrected chi connectivity index (χ3v) is 2.70. The van der Waals surface area contributed by atoms with Crippen molar-refractivity contribution >= 4 is 11.6 Å². The Balaban J connectivity index is 2.58. The highest BCUT2D eigenvalue weighted by Crippen LogP contribution is 2.37. The van der Waals surface area contributed by atoms with Gasteiger partial charge in [-0.3, -0.25) is 4.57 Å². The van der Waals surface area contributed by atoms with Crippen molar-refractivity contribution in [3.05, 3.63) is 22.2 Å². The average molecular weight is 200 g/mol. The molecule has 1 aliphatic carbocycles. The Bertz CT molecular complexity index is 393. The second-order valence-corrected chi connectivity index (χ2v) is 3.68. The lowest BCUT2D eigenvalue weighted by Crippen LogP contribution is -1.96. The molecule has 4 heteroatoms. The van der Waals surface area contributed by atoms with Gasteiger partial charge in [-0.15, -0.1) is 0 Å². The lowest BCUT2D eigenvalue weighted by Gasteiger charge is -2.07. The fraction of sp³-hybridized carbons (Fsp3) is 0.333. The van der Waals surface area contributed by atoms with Crippen molar-refractivity contribution < 1.29 is 10.2 Å². The molecule has 0 unspecified atom stereocenters. The topological polar surface area (TPSA) is 45.4 Å². The van der Waals surface area contributed by atoms with Gasteiger partial charge in [-0.25, -0.2) is 0 Å². The zero-order chi connectivity index (χ0) is 9.59. The molecule has 1 aromatic rings. The third kappa shape index (κ3) is 1.11. The summed E-state index contributed by atoms with van der Waals surface area (Å²) in [6.45, 7) is 0. The summed E-state index contributed by atoms with van der Waals surface area (Å²) in [6.07, 6.45) is 2.95. The lowest BCUT2D eigenvalue weighted by molar-refractivity contribution is 0.384. The van der Waals surface area contributed by atoms with Gasteiger partial charge in [-0.1, -0.05) is 17.7 Å². The van der Waals surface area contributed by atoms with Crippen LogP contribution in [0.25, 0.3) is 0 Å². The largest absolute Gasteiger partial charge is 0.494 e. The number of halogens is 1. The molecule has 1 heterocycles. The van der Waals surface area contributed by atoms with Gasteiger partial charge < -0.3 is 10.2 Å². The first-order valence-electron chi connectivity index (χ1n) is 4.04. The van der Waals surface area contributed by atoms with E-state index in [1.54, 1.807) is 7.05 Å². The fourth-order valence-electron chi connectivity index (χ4n) is 1.63. The van der Waals surface area contributed by atoms with Crippen LogP contribution in [-0.4, -0.2) is 14.8 Å². The van der Waals surface area contributed by atoms with E-state index in [9.17, 15) is 10.2 Å². The Kier molecular flexibility index (Phi) is 1.77. The van der Waals surface area contributed by atoms with Crippen molar-refractivity contribution in [2.24, 2.45) is 7.05 Å². The smallest absolute Gasteiger partial charge is 0.197 e. The standard InChI is InChI=1S/C9H10ClNO2/c1-11-8(12)6-3-2-5(10)4-7(6)9(11)13/h2,12-13H,3-4H2,1H3. The van der Waals surface area contributed by atoms with Gasteiger partial charge in [0.05, 0.1) is 0 Å².